The summed E-state index contributed by atoms with van der Waals surface area (Å²) < 4.78 is 34.9. The number of nitrogens with one attached hydrogen (secondary N) is 2. The van der Waals surface area contributed by atoms with Crippen molar-refractivity contribution in [2.75, 3.05) is 25.5 Å². The van der Waals surface area contributed by atoms with E-state index in [1.165, 1.54) is 5.41 Å². The van der Waals surface area contributed by atoms with Crippen molar-refractivity contribution < 1.29 is 22.7 Å². The second kappa shape index (κ2) is 7.50. The number of carbonyl (C=O) groups excluding carboxylic acids is 1. The van der Waals surface area contributed by atoms with Crippen LogP contribution in [0.15, 0.2) is 29.7 Å². The molecule has 8 heteroatoms. The summed E-state index contributed by atoms with van der Waals surface area (Å²) in [6, 6.07) is 5.60. The number of ether oxygens (including phenoxy) is 2. The van der Waals surface area contributed by atoms with Crippen LogP contribution in [0.3, 0.4) is 0 Å². The van der Waals surface area contributed by atoms with Crippen LogP contribution in [-0.2, 0) is 19.4 Å². The van der Waals surface area contributed by atoms with E-state index in [9.17, 15) is 13.2 Å². The monoisotopic (exact) mass is 406 g/mol. The van der Waals surface area contributed by atoms with E-state index in [1.807, 2.05) is 19.1 Å². The smallest absolute Gasteiger partial charge is 0.234 e. The predicted molar refractivity (Wildman–Crippen MR) is 105 cm³/mol. The number of fused-ring (bicyclic) bond motifs is 1. The molecule has 1 saturated heterocycles. The summed E-state index contributed by atoms with van der Waals surface area (Å²) >= 11 is 0. The highest BCUT2D eigenvalue weighted by Crippen LogP contribution is 2.44. The maximum Gasteiger partial charge on any atom is 0.234 e. The third-order valence-corrected chi connectivity index (χ3v) is 7.03. The van der Waals surface area contributed by atoms with Crippen LogP contribution in [0.5, 0.6) is 5.75 Å². The topological polar surface area (TPSA) is 93.7 Å². The minimum Gasteiger partial charge on any atom is -0.487 e. The Balaban J connectivity index is 1.45. The SMILES string of the molecule is Cc1ccc2c(c1)C(NC(=O)CNC1C=CS(=O)(=O)C1)CC1(CCOCC1)O2. The van der Waals surface area contributed by atoms with Gasteiger partial charge in [-0.1, -0.05) is 23.8 Å². The van der Waals surface area contributed by atoms with Crippen molar-refractivity contribution in [1.29, 1.82) is 0 Å². The quantitative estimate of drug-likeness (QED) is 0.785. The van der Waals surface area contributed by atoms with Crippen molar-refractivity contribution in [3.05, 3.63) is 40.8 Å². The van der Waals surface area contributed by atoms with Crippen molar-refractivity contribution in [2.24, 2.45) is 0 Å². The number of carbonyl (C=O) groups is 1. The standard InChI is InChI=1S/C20H26N2O5S/c1-14-2-3-18-16(10-14)17(11-20(27-18)5-7-26-8-6-20)22-19(23)12-21-15-4-9-28(24,25)13-15/h2-4,9-10,15,17,21H,5-8,11-13H2,1H3,(H,22,23). The van der Waals surface area contributed by atoms with Gasteiger partial charge < -0.3 is 20.1 Å². The number of rotatable bonds is 4. The van der Waals surface area contributed by atoms with E-state index in [0.717, 1.165) is 29.7 Å². The van der Waals surface area contributed by atoms with E-state index in [4.69, 9.17) is 9.47 Å². The summed E-state index contributed by atoms with van der Waals surface area (Å²) in [5, 5.41) is 7.33. The van der Waals surface area contributed by atoms with Gasteiger partial charge >= 0.3 is 0 Å². The van der Waals surface area contributed by atoms with Gasteiger partial charge in [-0.3, -0.25) is 4.79 Å². The lowest BCUT2D eigenvalue weighted by Gasteiger charge is -2.44. The molecule has 0 saturated carbocycles. The largest absolute Gasteiger partial charge is 0.487 e. The van der Waals surface area contributed by atoms with Crippen LogP contribution in [-0.4, -0.2) is 51.5 Å². The van der Waals surface area contributed by atoms with Crippen LogP contribution >= 0.6 is 0 Å². The second-order valence-electron chi connectivity index (χ2n) is 7.91. The molecule has 152 valence electrons. The Labute approximate surface area is 165 Å². The lowest BCUT2D eigenvalue weighted by Crippen LogP contribution is -2.49. The van der Waals surface area contributed by atoms with Crippen LogP contribution in [0, 0.1) is 6.92 Å². The predicted octanol–water partition coefficient (Wildman–Crippen LogP) is 1.38. The number of hydrogen-bond acceptors (Lipinski definition) is 6. The summed E-state index contributed by atoms with van der Waals surface area (Å²) in [5.74, 6) is 0.670. The first-order chi connectivity index (χ1) is 13.3. The highest BCUT2D eigenvalue weighted by molar-refractivity contribution is 7.94. The van der Waals surface area contributed by atoms with Gasteiger partial charge in [0.1, 0.15) is 11.4 Å². The van der Waals surface area contributed by atoms with E-state index in [0.29, 0.717) is 19.6 Å². The molecule has 1 aromatic carbocycles. The Kier molecular flexibility index (Phi) is 5.20. The third kappa shape index (κ3) is 4.24. The molecule has 3 heterocycles. The van der Waals surface area contributed by atoms with E-state index in [2.05, 4.69) is 16.7 Å². The van der Waals surface area contributed by atoms with Crippen molar-refractivity contribution in [1.82, 2.24) is 10.6 Å². The summed E-state index contributed by atoms with van der Waals surface area (Å²) in [4.78, 5) is 12.6. The van der Waals surface area contributed by atoms with E-state index in [1.54, 1.807) is 6.08 Å². The zero-order valence-corrected chi connectivity index (χ0v) is 16.8. The Morgan fingerprint density at radius 3 is 2.79 bits per heavy atom. The summed E-state index contributed by atoms with van der Waals surface area (Å²) in [7, 11) is -3.14. The highest BCUT2D eigenvalue weighted by Gasteiger charge is 2.42. The fourth-order valence-electron chi connectivity index (χ4n) is 4.14. The molecule has 1 aromatic rings. The van der Waals surface area contributed by atoms with Gasteiger partial charge in [0, 0.05) is 36.3 Å². The molecule has 28 heavy (non-hydrogen) atoms. The van der Waals surface area contributed by atoms with Gasteiger partial charge in [-0.25, -0.2) is 8.42 Å². The molecule has 7 nitrogen and oxygen atoms in total. The number of sulfone groups is 1. The average molecular weight is 407 g/mol. The molecule has 2 atom stereocenters. The average Bonchev–Trinajstić information content (AvgIpc) is 3.00. The van der Waals surface area contributed by atoms with Crippen molar-refractivity contribution >= 4 is 15.7 Å². The Morgan fingerprint density at radius 2 is 2.07 bits per heavy atom. The fourth-order valence-corrected chi connectivity index (χ4v) is 5.41. The number of hydrogen-bond donors (Lipinski definition) is 2. The van der Waals surface area contributed by atoms with Gasteiger partial charge in [0.25, 0.3) is 0 Å². The maximum atomic E-state index is 12.6. The minimum atomic E-state index is -3.14. The van der Waals surface area contributed by atoms with Crippen LogP contribution in [0.2, 0.25) is 0 Å². The van der Waals surface area contributed by atoms with Crippen molar-refractivity contribution in [3.8, 4) is 5.75 Å². The van der Waals surface area contributed by atoms with Gasteiger partial charge in [-0.15, -0.1) is 0 Å². The maximum absolute atomic E-state index is 12.6. The van der Waals surface area contributed by atoms with Gasteiger partial charge in [0.05, 0.1) is 31.6 Å². The number of aryl methyl sites for hydroxylation is 1. The first kappa shape index (κ1) is 19.4. The second-order valence-corrected chi connectivity index (χ2v) is 9.84. The molecule has 1 amide bonds. The minimum absolute atomic E-state index is 0.00267. The van der Waals surface area contributed by atoms with Gasteiger partial charge in [0.2, 0.25) is 5.91 Å². The van der Waals surface area contributed by atoms with Crippen LogP contribution in [0.25, 0.3) is 0 Å². The lowest BCUT2D eigenvalue weighted by molar-refractivity contribution is -0.122. The molecule has 1 spiro atoms. The third-order valence-electron chi connectivity index (χ3n) is 5.64. The van der Waals surface area contributed by atoms with Crippen molar-refractivity contribution in [3.63, 3.8) is 0 Å². The van der Waals surface area contributed by atoms with Crippen LogP contribution in [0.4, 0.5) is 0 Å². The molecule has 0 radical (unpaired) electrons. The molecule has 2 unspecified atom stereocenters. The van der Waals surface area contributed by atoms with Crippen LogP contribution < -0.4 is 15.4 Å². The molecule has 0 aromatic heterocycles. The highest BCUT2D eigenvalue weighted by atomic mass is 32.2. The molecule has 0 bridgehead atoms. The molecule has 2 N–H and O–H groups in total. The first-order valence-corrected chi connectivity index (χ1v) is 11.4. The van der Waals surface area contributed by atoms with E-state index < -0.39 is 9.84 Å². The summed E-state index contributed by atoms with van der Waals surface area (Å²) in [6.45, 7) is 3.41. The van der Waals surface area contributed by atoms with E-state index >= 15 is 0 Å². The lowest BCUT2D eigenvalue weighted by atomic mass is 9.81. The molecular weight excluding hydrogens is 380 g/mol. The van der Waals surface area contributed by atoms with Gasteiger partial charge in [0.15, 0.2) is 9.84 Å². The van der Waals surface area contributed by atoms with Crippen molar-refractivity contribution in [2.45, 2.75) is 43.9 Å². The first-order valence-electron chi connectivity index (χ1n) is 9.65. The van der Waals surface area contributed by atoms with Gasteiger partial charge in [-0.2, -0.15) is 0 Å². The molecule has 3 aliphatic rings. The zero-order chi connectivity index (χ0) is 19.8. The Bertz CT molecular complexity index is 890. The van der Waals surface area contributed by atoms with Crippen LogP contribution in [0.1, 0.15) is 36.4 Å². The number of benzene rings is 1. The summed E-state index contributed by atoms with van der Waals surface area (Å²) in [5.41, 5.74) is 1.80. The van der Waals surface area contributed by atoms with E-state index in [-0.39, 0.29) is 35.9 Å². The molecule has 3 aliphatic heterocycles. The molecular formula is C20H26N2O5S. The number of amides is 1. The molecule has 0 aliphatic carbocycles. The van der Waals surface area contributed by atoms with Gasteiger partial charge in [-0.05, 0) is 13.0 Å². The zero-order valence-electron chi connectivity index (χ0n) is 15.9. The molecule has 1 fully saturated rings. The molecule has 4 rings (SSSR count). The Hall–Kier alpha value is -1.90. The Morgan fingerprint density at radius 1 is 1.29 bits per heavy atom. The summed E-state index contributed by atoms with van der Waals surface area (Å²) in [6.07, 6.45) is 3.90. The normalized spacial score (nSPS) is 27.2. The fraction of sp³-hybridized carbons (Fsp3) is 0.550.